The third kappa shape index (κ3) is 4.24. The molecule has 3 aromatic rings. The number of benzene rings is 2. The maximum absolute atomic E-state index is 12.9. The van der Waals surface area contributed by atoms with Crippen LogP contribution < -0.4 is 5.32 Å². The van der Waals surface area contributed by atoms with E-state index in [-0.39, 0.29) is 12.4 Å². The number of nitrogens with zero attached hydrogens (tertiary/aromatic N) is 3. The zero-order valence-electron chi connectivity index (χ0n) is 12.9. The predicted molar refractivity (Wildman–Crippen MR) is 85.7 cm³/mol. The zero-order valence-corrected chi connectivity index (χ0v) is 12.9. The van der Waals surface area contributed by atoms with Gasteiger partial charge in [-0.15, -0.1) is 5.10 Å². The monoisotopic (exact) mass is 344 g/mol. The van der Waals surface area contributed by atoms with Crippen LogP contribution >= 0.6 is 0 Å². The zero-order chi connectivity index (χ0) is 17.8. The van der Waals surface area contributed by atoms with Crippen LogP contribution in [0.5, 0.6) is 0 Å². The number of aliphatic hydroxyl groups excluding tert-OH is 1. The van der Waals surface area contributed by atoms with Crippen molar-refractivity contribution in [3.05, 3.63) is 77.9 Å². The molecule has 0 saturated heterocycles. The summed E-state index contributed by atoms with van der Waals surface area (Å²) in [4.78, 5) is 15.9. The van der Waals surface area contributed by atoms with Crippen LogP contribution in [0.3, 0.4) is 0 Å². The van der Waals surface area contributed by atoms with Crippen LogP contribution in [0.15, 0.2) is 54.9 Å². The minimum Gasteiger partial charge on any atom is -0.386 e. The van der Waals surface area contributed by atoms with Crippen LogP contribution in [-0.4, -0.2) is 25.8 Å². The Morgan fingerprint density at radius 1 is 1.08 bits per heavy atom. The Bertz CT molecular complexity index is 863. The van der Waals surface area contributed by atoms with Crippen molar-refractivity contribution in [1.29, 1.82) is 0 Å². The lowest BCUT2D eigenvalue weighted by Gasteiger charge is -2.10. The van der Waals surface area contributed by atoms with Gasteiger partial charge in [0.15, 0.2) is 0 Å². The van der Waals surface area contributed by atoms with E-state index in [1.807, 2.05) is 0 Å². The first-order valence-electron chi connectivity index (χ1n) is 7.41. The van der Waals surface area contributed by atoms with Gasteiger partial charge in [0.2, 0.25) is 5.82 Å². The van der Waals surface area contributed by atoms with Crippen LogP contribution in [0, 0.1) is 11.6 Å². The van der Waals surface area contributed by atoms with Crippen molar-refractivity contribution in [2.45, 2.75) is 12.6 Å². The number of hydrogen-bond donors (Lipinski definition) is 2. The quantitative estimate of drug-likeness (QED) is 0.745. The maximum Gasteiger partial charge on any atom is 0.295 e. The van der Waals surface area contributed by atoms with Gasteiger partial charge in [0, 0.05) is 5.69 Å². The molecule has 0 radical (unpaired) electrons. The summed E-state index contributed by atoms with van der Waals surface area (Å²) >= 11 is 0. The Kier molecular flexibility index (Phi) is 4.80. The Morgan fingerprint density at radius 2 is 1.68 bits per heavy atom. The van der Waals surface area contributed by atoms with Gasteiger partial charge in [0.1, 0.15) is 18.0 Å². The molecule has 2 aromatic carbocycles. The van der Waals surface area contributed by atoms with Gasteiger partial charge in [-0.05, 0) is 42.0 Å². The molecule has 0 spiro atoms. The van der Waals surface area contributed by atoms with Gasteiger partial charge >= 0.3 is 0 Å². The molecule has 128 valence electrons. The van der Waals surface area contributed by atoms with Gasteiger partial charge in [-0.25, -0.2) is 18.4 Å². The molecule has 25 heavy (non-hydrogen) atoms. The van der Waals surface area contributed by atoms with Gasteiger partial charge in [-0.3, -0.25) is 4.79 Å². The lowest BCUT2D eigenvalue weighted by molar-refractivity contribution is 0.101. The summed E-state index contributed by atoms with van der Waals surface area (Å²) in [5.41, 5.74) is 0.934. The standard InChI is InChI=1S/C17H14F2N4O2/c18-12-3-1-11(2-4-12)15(24)9-23-10-20-16(22-23)17(25)21-14-7-5-13(19)6-8-14/h1-8,10,15,24H,9H2,(H,21,25)/t15-/m0/s1. The normalized spacial score (nSPS) is 12.0. The second-order valence-corrected chi connectivity index (χ2v) is 5.32. The van der Waals surface area contributed by atoms with Crippen molar-refractivity contribution in [1.82, 2.24) is 14.8 Å². The van der Waals surface area contributed by atoms with E-state index in [0.29, 0.717) is 11.3 Å². The van der Waals surface area contributed by atoms with Crippen molar-refractivity contribution in [3.63, 3.8) is 0 Å². The molecule has 1 heterocycles. The number of carbonyl (C=O) groups is 1. The molecule has 0 fully saturated rings. The summed E-state index contributed by atoms with van der Waals surface area (Å²) < 4.78 is 27.1. The largest absolute Gasteiger partial charge is 0.386 e. The highest BCUT2D eigenvalue weighted by atomic mass is 19.1. The Hall–Kier alpha value is -3.13. The number of rotatable bonds is 5. The fourth-order valence-corrected chi connectivity index (χ4v) is 2.17. The molecular weight excluding hydrogens is 330 g/mol. The van der Waals surface area contributed by atoms with E-state index in [9.17, 15) is 18.7 Å². The van der Waals surface area contributed by atoms with E-state index in [0.717, 1.165) is 0 Å². The molecule has 0 aliphatic rings. The molecule has 1 atom stereocenters. The second kappa shape index (κ2) is 7.18. The molecule has 0 bridgehead atoms. The highest BCUT2D eigenvalue weighted by Gasteiger charge is 2.14. The lowest BCUT2D eigenvalue weighted by atomic mass is 10.1. The molecule has 3 rings (SSSR count). The first-order valence-corrected chi connectivity index (χ1v) is 7.41. The number of aromatic nitrogens is 3. The van der Waals surface area contributed by atoms with Crippen molar-refractivity contribution in [2.75, 3.05) is 5.32 Å². The molecular formula is C17H14F2N4O2. The minimum atomic E-state index is -0.921. The topological polar surface area (TPSA) is 80.0 Å². The van der Waals surface area contributed by atoms with Gasteiger partial charge in [0.25, 0.3) is 5.91 Å². The van der Waals surface area contributed by atoms with Crippen LogP contribution in [0.1, 0.15) is 22.3 Å². The maximum atomic E-state index is 12.9. The highest BCUT2D eigenvalue weighted by molar-refractivity contribution is 6.01. The molecule has 0 unspecified atom stereocenters. The van der Waals surface area contributed by atoms with Gasteiger partial charge in [-0.2, -0.15) is 0 Å². The summed E-state index contributed by atoms with van der Waals surface area (Å²) in [6.07, 6.45) is 0.391. The fourth-order valence-electron chi connectivity index (χ4n) is 2.17. The second-order valence-electron chi connectivity index (χ2n) is 5.32. The summed E-state index contributed by atoms with van der Waals surface area (Å²) in [6, 6.07) is 10.7. The number of halogens is 2. The van der Waals surface area contributed by atoms with E-state index < -0.39 is 23.6 Å². The summed E-state index contributed by atoms with van der Waals surface area (Å²) in [5.74, 6) is -1.44. The van der Waals surface area contributed by atoms with Crippen LogP contribution in [-0.2, 0) is 6.54 Å². The van der Waals surface area contributed by atoms with Crippen molar-refractivity contribution < 1.29 is 18.7 Å². The molecule has 2 N–H and O–H groups in total. The third-order valence-electron chi connectivity index (χ3n) is 3.46. The first kappa shape index (κ1) is 16.7. The van der Waals surface area contributed by atoms with Gasteiger partial charge in [0.05, 0.1) is 12.6 Å². The Morgan fingerprint density at radius 3 is 2.32 bits per heavy atom. The highest BCUT2D eigenvalue weighted by Crippen LogP contribution is 2.15. The summed E-state index contributed by atoms with van der Waals surface area (Å²) in [6.45, 7) is 0.0580. The van der Waals surface area contributed by atoms with Gasteiger partial charge < -0.3 is 10.4 Å². The van der Waals surface area contributed by atoms with Crippen molar-refractivity contribution >= 4 is 11.6 Å². The average molecular weight is 344 g/mol. The molecule has 0 saturated carbocycles. The Labute approximate surface area is 141 Å². The molecule has 0 aliphatic carbocycles. The fraction of sp³-hybridized carbons (Fsp3) is 0.118. The molecule has 1 amide bonds. The first-order chi connectivity index (χ1) is 12.0. The van der Waals surface area contributed by atoms with Crippen LogP contribution in [0.4, 0.5) is 14.5 Å². The number of carbonyl (C=O) groups excluding carboxylic acids is 1. The van der Waals surface area contributed by atoms with E-state index in [1.165, 1.54) is 59.5 Å². The lowest BCUT2D eigenvalue weighted by Crippen LogP contribution is -2.15. The van der Waals surface area contributed by atoms with E-state index in [1.54, 1.807) is 0 Å². The molecule has 6 nitrogen and oxygen atoms in total. The minimum absolute atomic E-state index is 0.0580. The predicted octanol–water partition coefficient (Wildman–Crippen LogP) is 2.54. The van der Waals surface area contributed by atoms with Crippen molar-refractivity contribution in [3.8, 4) is 0 Å². The number of anilines is 1. The van der Waals surface area contributed by atoms with E-state index >= 15 is 0 Å². The van der Waals surface area contributed by atoms with Crippen molar-refractivity contribution in [2.24, 2.45) is 0 Å². The number of aliphatic hydroxyl groups is 1. The SMILES string of the molecule is O=C(Nc1ccc(F)cc1)c1ncn(C[C@H](O)c2ccc(F)cc2)n1. The smallest absolute Gasteiger partial charge is 0.295 e. The molecule has 8 heteroatoms. The summed E-state index contributed by atoms with van der Waals surface area (Å²) in [7, 11) is 0. The third-order valence-corrected chi connectivity index (χ3v) is 3.46. The molecule has 1 aromatic heterocycles. The molecule has 0 aliphatic heterocycles. The van der Waals surface area contributed by atoms with E-state index in [4.69, 9.17) is 0 Å². The van der Waals surface area contributed by atoms with E-state index in [2.05, 4.69) is 15.4 Å². The number of amides is 1. The number of nitrogens with one attached hydrogen (secondary N) is 1. The van der Waals surface area contributed by atoms with Crippen LogP contribution in [0.25, 0.3) is 0 Å². The average Bonchev–Trinajstić information content (AvgIpc) is 3.06. The van der Waals surface area contributed by atoms with Gasteiger partial charge in [-0.1, -0.05) is 12.1 Å². The number of hydrogen-bond acceptors (Lipinski definition) is 4. The Balaban J connectivity index is 1.64. The summed E-state index contributed by atoms with van der Waals surface area (Å²) in [5, 5.41) is 16.7. The van der Waals surface area contributed by atoms with Crippen LogP contribution in [0.2, 0.25) is 0 Å².